The largest absolute Gasteiger partial charge is 0.464 e. The second kappa shape index (κ2) is 7.43. The Labute approximate surface area is 127 Å². The molecule has 0 saturated heterocycles. The third-order valence-corrected chi connectivity index (χ3v) is 3.86. The normalized spacial score (nSPS) is 15.6. The average Bonchev–Trinajstić information content (AvgIpc) is 2.92. The fourth-order valence-corrected chi connectivity index (χ4v) is 2.74. The quantitative estimate of drug-likeness (QED) is 0.832. The number of nitrogen functional groups attached to an aromatic ring is 1. The second-order valence-corrected chi connectivity index (χ2v) is 6.02. The molecule has 0 aromatic carbocycles. The van der Waals surface area contributed by atoms with E-state index in [9.17, 15) is 0 Å². The molecule has 0 radical (unpaired) electrons. The van der Waals surface area contributed by atoms with Crippen LogP contribution in [0.15, 0.2) is 0 Å². The maximum Gasteiger partial charge on any atom is 0.323 e. The molecule has 1 heterocycles. The molecule has 2 rings (SSSR count). The Morgan fingerprint density at radius 3 is 2.57 bits per heavy atom. The van der Waals surface area contributed by atoms with Gasteiger partial charge < -0.3 is 15.4 Å². The first kappa shape index (κ1) is 15.8. The smallest absolute Gasteiger partial charge is 0.323 e. The summed E-state index contributed by atoms with van der Waals surface area (Å²) < 4.78 is 5.40. The van der Waals surface area contributed by atoms with Gasteiger partial charge in [-0.1, -0.05) is 26.7 Å². The van der Waals surface area contributed by atoms with Gasteiger partial charge in [-0.25, -0.2) is 0 Å². The van der Waals surface area contributed by atoms with Gasteiger partial charge in [-0.15, -0.1) is 0 Å². The number of hydrogen-bond acceptors (Lipinski definition) is 6. The van der Waals surface area contributed by atoms with Gasteiger partial charge in [0.05, 0.1) is 6.61 Å². The lowest BCUT2D eigenvalue weighted by Crippen LogP contribution is -2.36. The van der Waals surface area contributed by atoms with Crippen LogP contribution in [-0.2, 0) is 0 Å². The fraction of sp³-hybridized carbons (Fsp3) is 0.800. The standard InChI is InChI=1S/C15H27N5O/c1-4-21-15-18-13(16)17-14(19-15)20(10-9-11(2)3)12-7-5-6-8-12/h11-12H,4-10H2,1-3H3,(H2,16,17,18,19). The van der Waals surface area contributed by atoms with E-state index in [2.05, 4.69) is 33.7 Å². The highest BCUT2D eigenvalue weighted by molar-refractivity contribution is 5.37. The van der Waals surface area contributed by atoms with Crippen molar-refractivity contribution >= 4 is 11.9 Å². The maximum absolute atomic E-state index is 5.81. The van der Waals surface area contributed by atoms with Crippen LogP contribution < -0.4 is 15.4 Å². The zero-order valence-corrected chi connectivity index (χ0v) is 13.4. The van der Waals surface area contributed by atoms with Crippen LogP contribution in [0.4, 0.5) is 11.9 Å². The van der Waals surface area contributed by atoms with E-state index in [4.69, 9.17) is 10.5 Å². The second-order valence-electron chi connectivity index (χ2n) is 6.02. The molecule has 21 heavy (non-hydrogen) atoms. The van der Waals surface area contributed by atoms with Crippen molar-refractivity contribution < 1.29 is 4.74 Å². The molecule has 1 aromatic heterocycles. The molecule has 0 spiro atoms. The minimum Gasteiger partial charge on any atom is -0.464 e. The van der Waals surface area contributed by atoms with E-state index < -0.39 is 0 Å². The summed E-state index contributed by atoms with van der Waals surface area (Å²) in [5.41, 5.74) is 5.81. The summed E-state index contributed by atoms with van der Waals surface area (Å²) in [7, 11) is 0. The number of ether oxygens (including phenoxy) is 1. The summed E-state index contributed by atoms with van der Waals surface area (Å²) in [5.74, 6) is 1.55. The molecule has 0 atom stereocenters. The molecular weight excluding hydrogens is 266 g/mol. The van der Waals surface area contributed by atoms with Crippen LogP contribution in [0.2, 0.25) is 0 Å². The highest BCUT2D eigenvalue weighted by atomic mass is 16.5. The van der Waals surface area contributed by atoms with Gasteiger partial charge in [0.25, 0.3) is 0 Å². The molecular formula is C15H27N5O. The molecule has 1 aliphatic rings. The van der Waals surface area contributed by atoms with E-state index >= 15 is 0 Å². The Kier molecular flexibility index (Phi) is 5.59. The van der Waals surface area contributed by atoms with Crippen molar-refractivity contribution in [2.75, 3.05) is 23.8 Å². The Bertz CT molecular complexity index is 446. The van der Waals surface area contributed by atoms with Crippen LogP contribution in [0.5, 0.6) is 6.01 Å². The summed E-state index contributed by atoms with van der Waals surface area (Å²) in [6.45, 7) is 7.86. The molecule has 1 fully saturated rings. The molecule has 1 aromatic rings. The molecule has 1 aliphatic carbocycles. The van der Waals surface area contributed by atoms with E-state index in [1.165, 1.54) is 25.7 Å². The van der Waals surface area contributed by atoms with Gasteiger partial charge >= 0.3 is 6.01 Å². The highest BCUT2D eigenvalue weighted by Crippen LogP contribution is 2.28. The third-order valence-electron chi connectivity index (χ3n) is 3.86. The van der Waals surface area contributed by atoms with E-state index in [-0.39, 0.29) is 5.95 Å². The van der Waals surface area contributed by atoms with Crippen LogP contribution in [0.25, 0.3) is 0 Å². The lowest BCUT2D eigenvalue weighted by Gasteiger charge is -2.29. The number of hydrogen-bond donors (Lipinski definition) is 1. The number of anilines is 2. The highest BCUT2D eigenvalue weighted by Gasteiger charge is 2.25. The van der Waals surface area contributed by atoms with Crippen molar-refractivity contribution in [1.82, 2.24) is 15.0 Å². The van der Waals surface area contributed by atoms with Gasteiger partial charge in [-0.2, -0.15) is 15.0 Å². The minimum atomic E-state index is 0.232. The van der Waals surface area contributed by atoms with Gasteiger partial charge in [0.1, 0.15) is 0 Å². The van der Waals surface area contributed by atoms with Gasteiger partial charge in [-0.05, 0) is 32.1 Å². The Morgan fingerprint density at radius 2 is 1.95 bits per heavy atom. The first-order valence-electron chi connectivity index (χ1n) is 8.01. The molecule has 2 N–H and O–H groups in total. The fourth-order valence-electron chi connectivity index (χ4n) is 2.74. The minimum absolute atomic E-state index is 0.232. The number of aromatic nitrogens is 3. The molecule has 6 nitrogen and oxygen atoms in total. The molecule has 0 bridgehead atoms. The van der Waals surface area contributed by atoms with Crippen LogP contribution in [0.1, 0.15) is 52.9 Å². The van der Waals surface area contributed by atoms with Crippen molar-refractivity contribution in [3.05, 3.63) is 0 Å². The van der Waals surface area contributed by atoms with Gasteiger partial charge in [0.2, 0.25) is 11.9 Å². The van der Waals surface area contributed by atoms with Crippen molar-refractivity contribution in [2.45, 2.75) is 58.9 Å². The maximum atomic E-state index is 5.81. The Hall–Kier alpha value is -1.59. The Morgan fingerprint density at radius 1 is 1.24 bits per heavy atom. The predicted octanol–water partition coefficient (Wildman–Crippen LogP) is 2.65. The van der Waals surface area contributed by atoms with Crippen molar-refractivity contribution in [3.8, 4) is 6.01 Å². The summed E-state index contributed by atoms with van der Waals surface area (Å²) in [4.78, 5) is 15.1. The third kappa shape index (κ3) is 4.44. The van der Waals surface area contributed by atoms with Crippen molar-refractivity contribution in [1.29, 1.82) is 0 Å². The lowest BCUT2D eigenvalue weighted by molar-refractivity contribution is 0.311. The van der Waals surface area contributed by atoms with Crippen LogP contribution in [0.3, 0.4) is 0 Å². The number of nitrogens with zero attached hydrogens (tertiary/aromatic N) is 4. The molecule has 0 amide bonds. The Balaban J connectivity index is 2.21. The summed E-state index contributed by atoms with van der Waals surface area (Å²) in [6.07, 6.45) is 6.08. The first-order chi connectivity index (χ1) is 10.1. The molecule has 0 unspecified atom stereocenters. The number of rotatable bonds is 7. The van der Waals surface area contributed by atoms with Crippen LogP contribution in [0, 0.1) is 5.92 Å². The first-order valence-corrected chi connectivity index (χ1v) is 8.01. The predicted molar refractivity (Wildman–Crippen MR) is 84.5 cm³/mol. The van der Waals surface area contributed by atoms with Crippen molar-refractivity contribution in [2.24, 2.45) is 5.92 Å². The van der Waals surface area contributed by atoms with E-state index in [0.29, 0.717) is 30.5 Å². The SMILES string of the molecule is CCOc1nc(N)nc(N(CCC(C)C)C2CCCC2)n1. The topological polar surface area (TPSA) is 77.2 Å². The summed E-state index contributed by atoms with van der Waals surface area (Å²) >= 11 is 0. The molecule has 1 saturated carbocycles. The van der Waals surface area contributed by atoms with Gasteiger partial charge in [0, 0.05) is 12.6 Å². The molecule has 118 valence electrons. The van der Waals surface area contributed by atoms with Crippen LogP contribution in [-0.4, -0.2) is 34.1 Å². The van der Waals surface area contributed by atoms with Gasteiger partial charge in [-0.3, -0.25) is 0 Å². The zero-order valence-electron chi connectivity index (χ0n) is 13.4. The molecule has 6 heteroatoms. The van der Waals surface area contributed by atoms with E-state index in [1.54, 1.807) is 0 Å². The summed E-state index contributed by atoms with van der Waals surface area (Å²) in [5, 5.41) is 0. The number of nitrogens with two attached hydrogens (primary N) is 1. The summed E-state index contributed by atoms with van der Waals surface area (Å²) in [6, 6.07) is 0.840. The molecule has 0 aliphatic heterocycles. The van der Waals surface area contributed by atoms with E-state index in [0.717, 1.165) is 13.0 Å². The van der Waals surface area contributed by atoms with Gasteiger partial charge in [0.15, 0.2) is 0 Å². The van der Waals surface area contributed by atoms with Crippen LogP contribution >= 0.6 is 0 Å². The zero-order chi connectivity index (χ0) is 15.2. The average molecular weight is 293 g/mol. The van der Waals surface area contributed by atoms with E-state index in [1.807, 2.05) is 6.92 Å². The van der Waals surface area contributed by atoms with Crippen molar-refractivity contribution in [3.63, 3.8) is 0 Å². The monoisotopic (exact) mass is 293 g/mol. The lowest BCUT2D eigenvalue weighted by atomic mass is 10.1.